The molecule has 190 valence electrons. The Balaban J connectivity index is 1.56. The Kier molecular flexibility index (Phi) is 6.29. The van der Waals surface area contributed by atoms with E-state index in [0.29, 0.717) is 0 Å². The highest BCUT2D eigenvalue weighted by Gasteiger charge is 2.35. The maximum Gasteiger partial charge on any atom is 0.0540 e. The zero-order chi connectivity index (χ0) is 27.0. The molecule has 0 unspecified atom stereocenters. The molecular formula is C38H33N. The molecule has 1 nitrogen and oxygen atoms in total. The smallest absolute Gasteiger partial charge is 0.0540 e. The zero-order valence-corrected chi connectivity index (χ0v) is 22.9. The minimum atomic E-state index is -0.0683. The third kappa shape index (κ3) is 4.21. The van der Waals surface area contributed by atoms with Crippen molar-refractivity contribution in [2.45, 2.75) is 26.2 Å². The molecular weight excluding hydrogens is 470 g/mol. The molecule has 0 amide bonds. The Morgan fingerprint density at radius 2 is 1.26 bits per heavy atom. The molecule has 0 aromatic heterocycles. The van der Waals surface area contributed by atoms with Gasteiger partial charge in [-0.25, -0.2) is 0 Å². The fourth-order valence-corrected chi connectivity index (χ4v) is 5.99. The Labute approximate surface area is 232 Å². The summed E-state index contributed by atoms with van der Waals surface area (Å²) < 4.78 is 0. The maximum absolute atomic E-state index is 3.99. The van der Waals surface area contributed by atoms with E-state index in [4.69, 9.17) is 0 Å². The van der Waals surface area contributed by atoms with Crippen LogP contribution in [0.2, 0.25) is 0 Å². The predicted octanol–water partition coefficient (Wildman–Crippen LogP) is 10.7. The lowest BCUT2D eigenvalue weighted by Gasteiger charge is -2.30. The Hall–Kier alpha value is -4.62. The van der Waals surface area contributed by atoms with Crippen molar-refractivity contribution in [3.05, 3.63) is 157 Å². The highest BCUT2D eigenvalue weighted by molar-refractivity contribution is 5.90. The van der Waals surface area contributed by atoms with Crippen LogP contribution in [0.1, 0.15) is 37.5 Å². The van der Waals surface area contributed by atoms with E-state index in [9.17, 15) is 0 Å². The molecule has 1 aliphatic rings. The van der Waals surface area contributed by atoms with Gasteiger partial charge >= 0.3 is 0 Å². The quantitative estimate of drug-likeness (QED) is 0.208. The molecule has 6 rings (SSSR count). The topological polar surface area (TPSA) is 3.24 Å². The van der Waals surface area contributed by atoms with Crippen LogP contribution in [0, 0.1) is 0 Å². The summed E-state index contributed by atoms with van der Waals surface area (Å²) in [5, 5.41) is 0. The van der Waals surface area contributed by atoms with Crippen molar-refractivity contribution in [2.75, 3.05) is 4.90 Å². The average Bonchev–Trinajstić information content (AvgIpc) is 3.21. The summed E-state index contributed by atoms with van der Waals surface area (Å²) in [4.78, 5) is 2.40. The fraction of sp³-hybridized carbons (Fsp3) is 0.105. The van der Waals surface area contributed by atoms with Crippen molar-refractivity contribution < 1.29 is 0 Å². The lowest BCUT2D eigenvalue weighted by molar-refractivity contribution is 0.660. The molecule has 1 heteroatoms. The second-order valence-corrected chi connectivity index (χ2v) is 10.6. The SMILES string of the molecule is C=C/C(=C\C)c1ccc(N(c2ccc3c(c2)C(C)(C)c2ccccc2-3)c2ccccc2-c2ccccc2)cc1. The zero-order valence-electron chi connectivity index (χ0n) is 22.9. The van der Waals surface area contributed by atoms with Crippen LogP contribution in [0.25, 0.3) is 27.8 Å². The first-order valence-electron chi connectivity index (χ1n) is 13.6. The molecule has 0 bridgehead atoms. The Bertz CT molecular complexity index is 1690. The lowest BCUT2D eigenvalue weighted by Crippen LogP contribution is -2.16. The van der Waals surface area contributed by atoms with Gasteiger partial charge in [-0.15, -0.1) is 0 Å². The summed E-state index contributed by atoms with van der Waals surface area (Å²) in [5.74, 6) is 0. The first-order chi connectivity index (χ1) is 19.0. The number of rotatable bonds is 6. The Morgan fingerprint density at radius 1 is 0.641 bits per heavy atom. The molecule has 5 aromatic carbocycles. The summed E-state index contributed by atoms with van der Waals surface area (Å²) in [5.41, 5.74) is 13.5. The summed E-state index contributed by atoms with van der Waals surface area (Å²) in [6.45, 7) is 10.7. The molecule has 39 heavy (non-hydrogen) atoms. The van der Waals surface area contributed by atoms with Crippen molar-refractivity contribution in [3.63, 3.8) is 0 Å². The minimum Gasteiger partial charge on any atom is -0.310 e. The van der Waals surface area contributed by atoms with Gasteiger partial charge in [0.15, 0.2) is 0 Å². The highest BCUT2D eigenvalue weighted by Crippen LogP contribution is 2.51. The largest absolute Gasteiger partial charge is 0.310 e. The molecule has 0 radical (unpaired) electrons. The standard InChI is InChI=1S/C38H33N/c1-5-27(6-2)28-20-22-30(23-21-28)39(37-19-13-11-16-32(37)29-14-8-7-9-15-29)31-24-25-34-33-17-10-12-18-35(33)38(3,4)36(34)26-31/h5-26H,1H2,2-4H3/b27-6+. The van der Waals surface area contributed by atoms with Crippen LogP contribution >= 0.6 is 0 Å². The van der Waals surface area contributed by atoms with Gasteiger partial charge in [0.1, 0.15) is 0 Å². The molecule has 0 saturated carbocycles. The van der Waals surface area contributed by atoms with E-state index in [-0.39, 0.29) is 5.41 Å². The summed E-state index contributed by atoms with van der Waals surface area (Å²) in [6, 6.07) is 44.0. The van der Waals surface area contributed by atoms with Gasteiger partial charge in [0, 0.05) is 22.4 Å². The van der Waals surface area contributed by atoms with Crippen LogP contribution in [0.3, 0.4) is 0 Å². The van der Waals surface area contributed by atoms with Crippen molar-refractivity contribution in [1.82, 2.24) is 0 Å². The van der Waals surface area contributed by atoms with Gasteiger partial charge in [0.05, 0.1) is 5.69 Å². The first kappa shape index (κ1) is 24.7. The van der Waals surface area contributed by atoms with Gasteiger partial charge in [-0.3, -0.25) is 0 Å². The van der Waals surface area contributed by atoms with Gasteiger partial charge in [0.2, 0.25) is 0 Å². The Morgan fingerprint density at radius 3 is 1.97 bits per heavy atom. The van der Waals surface area contributed by atoms with E-state index in [1.807, 2.05) is 6.08 Å². The first-order valence-corrected chi connectivity index (χ1v) is 13.6. The van der Waals surface area contributed by atoms with Gasteiger partial charge in [-0.2, -0.15) is 0 Å². The molecule has 0 aliphatic heterocycles. The summed E-state index contributed by atoms with van der Waals surface area (Å²) >= 11 is 0. The van der Waals surface area contributed by atoms with Crippen molar-refractivity contribution in [2.24, 2.45) is 0 Å². The number of hydrogen-bond donors (Lipinski definition) is 0. The van der Waals surface area contributed by atoms with Crippen LogP contribution in [-0.4, -0.2) is 0 Å². The van der Waals surface area contributed by atoms with Gasteiger partial charge in [-0.1, -0.05) is 124 Å². The molecule has 0 atom stereocenters. The van der Waals surface area contributed by atoms with Gasteiger partial charge in [-0.05, 0) is 76.2 Å². The second-order valence-electron chi connectivity index (χ2n) is 10.6. The molecule has 0 fully saturated rings. The number of para-hydroxylation sites is 1. The number of allylic oxidation sites excluding steroid dienone is 3. The molecule has 0 N–H and O–H groups in total. The van der Waals surface area contributed by atoms with Crippen molar-refractivity contribution >= 4 is 22.6 Å². The number of benzene rings is 5. The monoisotopic (exact) mass is 503 g/mol. The third-order valence-corrected chi connectivity index (χ3v) is 8.04. The van der Waals surface area contributed by atoms with Crippen LogP contribution in [-0.2, 0) is 5.41 Å². The van der Waals surface area contributed by atoms with Crippen molar-refractivity contribution in [1.29, 1.82) is 0 Å². The number of hydrogen-bond acceptors (Lipinski definition) is 1. The molecule has 5 aromatic rings. The van der Waals surface area contributed by atoms with E-state index in [1.54, 1.807) is 0 Å². The van der Waals surface area contributed by atoms with Gasteiger partial charge < -0.3 is 4.90 Å². The number of fused-ring (bicyclic) bond motifs is 3. The summed E-state index contributed by atoms with van der Waals surface area (Å²) in [7, 11) is 0. The van der Waals surface area contributed by atoms with E-state index >= 15 is 0 Å². The summed E-state index contributed by atoms with van der Waals surface area (Å²) in [6.07, 6.45) is 4.02. The second kappa shape index (κ2) is 9.93. The third-order valence-electron chi connectivity index (χ3n) is 8.04. The van der Waals surface area contributed by atoms with E-state index < -0.39 is 0 Å². The molecule has 0 spiro atoms. The van der Waals surface area contributed by atoms with Crippen LogP contribution in [0.4, 0.5) is 17.1 Å². The van der Waals surface area contributed by atoms with E-state index in [1.165, 1.54) is 33.4 Å². The molecule has 0 heterocycles. The lowest BCUT2D eigenvalue weighted by atomic mass is 9.82. The van der Waals surface area contributed by atoms with E-state index in [0.717, 1.165) is 28.2 Å². The van der Waals surface area contributed by atoms with Crippen LogP contribution < -0.4 is 4.90 Å². The van der Waals surface area contributed by atoms with Crippen LogP contribution in [0.15, 0.2) is 140 Å². The number of nitrogens with zero attached hydrogens (tertiary/aromatic N) is 1. The number of anilines is 3. The highest BCUT2D eigenvalue weighted by atomic mass is 15.1. The fourth-order valence-electron chi connectivity index (χ4n) is 5.99. The minimum absolute atomic E-state index is 0.0683. The molecule has 0 saturated heterocycles. The van der Waals surface area contributed by atoms with Crippen molar-refractivity contribution in [3.8, 4) is 22.3 Å². The van der Waals surface area contributed by atoms with Crippen LogP contribution in [0.5, 0.6) is 0 Å². The normalized spacial score (nSPS) is 13.5. The molecule has 1 aliphatic carbocycles. The predicted molar refractivity (Wildman–Crippen MR) is 168 cm³/mol. The van der Waals surface area contributed by atoms with Gasteiger partial charge in [0.25, 0.3) is 0 Å². The van der Waals surface area contributed by atoms with E-state index in [2.05, 4.69) is 160 Å². The maximum atomic E-state index is 3.99. The average molecular weight is 504 g/mol.